The van der Waals surface area contributed by atoms with Crippen LogP contribution in [0.3, 0.4) is 0 Å². The zero-order chi connectivity index (χ0) is 17.1. The molecule has 3 rings (SSSR count). The number of hydrogen-bond acceptors (Lipinski definition) is 4. The van der Waals surface area contributed by atoms with E-state index in [0.29, 0.717) is 22.5 Å². The Morgan fingerprint density at radius 3 is 2.58 bits per heavy atom. The molecule has 1 aliphatic heterocycles. The standard InChI is InChI=1S/C17H18BrN3O3/c18-15-8-7-14(24-15)16(22)20-13-5-3-11(4-6-13)17(23)21-9-1-2-12(19)10-21/h3-8,12H,1-2,9-10,19H2,(H,20,22). The summed E-state index contributed by atoms with van der Waals surface area (Å²) in [6.45, 7) is 1.32. The third kappa shape index (κ3) is 3.85. The average molecular weight is 392 g/mol. The maximum absolute atomic E-state index is 12.5. The number of piperidine rings is 1. The zero-order valence-electron chi connectivity index (χ0n) is 13.0. The molecule has 126 valence electrons. The number of benzene rings is 1. The van der Waals surface area contributed by atoms with Gasteiger partial charge in [-0.1, -0.05) is 0 Å². The summed E-state index contributed by atoms with van der Waals surface area (Å²) in [6.07, 6.45) is 1.89. The predicted molar refractivity (Wildman–Crippen MR) is 93.9 cm³/mol. The number of anilines is 1. The minimum absolute atomic E-state index is 0.0296. The van der Waals surface area contributed by atoms with Crippen LogP contribution in [0.1, 0.15) is 33.8 Å². The van der Waals surface area contributed by atoms with Gasteiger partial charge in [-0.15, -0.1) is 0 Å². The third-order valence-corrected chi connectivity index (χ3v) is 4.36. The first-order valence-electron chi connectivity index (χ1n) is 7.74. The lowest BCUT2D eigenvalue weighted by Crippen LogP contribution is -2.45. The van der Waals surface area contributed by atoms with Gasteiger partial charge in [0.05, 0.1) is 0 Å². The third-order valence-electron chi connectivity index (χ3n) is 3.93. The summed E-state index contributed by atoms with van der Waals surface area (Å²) in [7, 11) is 0. The Balaban J connectivity index is 1.64. The molecular weight excluding hydrogens is 374 g/mol. The van der Waals surface area contributed by atoms with Crippen molar-refractivity contribution in [2.45, 2.75) is 18.9 Å². The Hall–Kier alpha value is -2.12. The van der Waals surface area contributed by atoms with Gasteiger partial charge in [0.25, 0.3) is 11.8 Å². The van der Waals surface area contributed by atoms with Crippen molar-refractivity contribution in [1.82, 2.24) is 4.90 Å². The van der Waals surface area contributed by atoms with E-state index in [9.17, 15) is 9.59 Å². The average Bonchev–Trinajstić information content (AvgIpc) is 3.01. The van der Waals surface area contributed by atoms with Gasteiger partial charge in [-0.05, 0) is 65.2 Å². The van der Waals surface area contributed by atoms with Gasteiger partial charge < -0.3 is 20.4 Å². The van der Waals surface area contributed by atoms with E-state index in [1.165, 1.54) is 0 Å². The van der Waals surface area contributed by atoms with Gasteiger partial charge >= 0.3 is 0 Å². The van der Waals surface area contributed by atoms with Gasteiger partial charge in [0.15, 0.2) is 10.4 Å². The van der Waals surface area contributed by atoms with Crippen LogP contribution in [0.4, 0.5) is 5.69 Å². The van der Waals surface area contributed by atoms with Crippen LogP contribution in [0.15, 0.2) is 45.5 Å². The van der Waals surface area contributed by atoms with Crippen LogP contribution in [-0.2, 0) is 0 Å². The minimum atomic E-state index is -0.346. The number of carbonyl (C=O) groups is 2. The number of nitrogens with one attached hydrogen (secondary N) is 1. The molecule has 2 aromatic rings. The number of halogens is 1. The normalized spacial score (nSPS) is 17.6. The molecule has 24 heavy (non-hydrogen) atoms. The summed E-state index contributed by atoms with van der Waals surface area (Å²) in [6, 6.07) is 10.1. The number of nitrogens with zero attached hydrogens (tertiary/aromatic N) is 1. The maximum atomic E-state index is 12.5. The Morgan fingerprint density at radius 1 is 1.21 bits per heavy atom. The molecule has 1 aliphatic rings. The van der Waals surface area contributed by atoms with Crippen molar-refractivity contribution in [1.29, 1.82) is 0 Å². The molecule has 6 nitrogen and oxygen atoms in total. The first-order chi connectivity index (χ1) is 11.5. The number of nitrogens with two attached hydrogens (primary N) is 1. The summed E-state index contributed by atoms with van der Waals surface area (Å²) in [5.41, 5.74) is 7.11. The SMILES string of the molecule is NC1CCCN(C(=O)c2ccc(NC(=O)c3ccc(Br)o3)cc2)C1. The van der Waals surface area contributed by atoms with Crippen LogP contribution in [0, 0.1) is 0 Å². The van der Waals surface area contributed by atoms with E-state index in [2.05, 4.69) is 21.2 Å². The summed E-state index contributed by atoms with van der Waals surface area (Å²) >= 11 is 3.16. The first kappa shape index (κ1) is 16.7. The lowest BCUT2D eigenvalue weighted by atomic mass is 10.1. The second kappa shape index (κ2) is 7.19. The molecule has 0 radical (unpaired) electrons. The first-order valence-corrected chi connectivity index (χ1v) is 8.54. The van der Waals surface area contributed by atoms with Crippen LogP contribution >= 0.6 is 15.9 Å². The van der Waals surface area contributed by atoms with Crippen molar-refractivity contribution < 1.29 is 14.0 Å². The summed E-state index contributed by atoms with van der Waals surface area (Å²) in [5, 5.41) is 2.73. The van der Waals surface area contributed by atoms with Crippen molar-refractivity contribution in [2.24, 2.45) is 5.73 Å². The fraction of sp³-hybridized carbons (Fsp3) is 0.294. The van der Waals surface area contributed by atoms with Gasteiger partial charge in [-0.2, -0.15) is 0 Å². The second-order valence-corrected chi connectivity index (χ2v) is 6.57. The molecule has 1 unspecified atom stereocenters. The molecule has 3 N–H and O–H groups in total. The Labute approximate surface area is 148 Å². The molecular formula is C17H18BrN3O3. The van der Waals surface area contributed by atoms with Gasteiger partial charge in [-0.3, -0.25) is 9.59 Å². The molecule has 1 fully saturated rings. The van der Waals surface area contributed by atoms with Crippen molar-refractivity contribution in [3.8, 4) is 0 Å². The number of likely N-dealkylation sites (tertiary alicyclic amines) is 1. The monoisotopic (exact) mass is 391 g/mol. The largest absolute Gasteiger partial charge is 0.444 e. The Morgan fingerprint density at radius 2 is 1.96 bits per heavy atom. The van der Waals surface area contributed by atoms with E-state index in [0.717, 1.165) is 19.4 Å². The van der Waals surface area contributed by atoms with Crippen molar-refractivity contribution in [2.75, 3.05) is 18.4 Å². The van der Waals surface area contributed by atoms with E-state index in [4.69, 9.17) is 10.2 Å². The number of hydrogen-bond donors (Lipinski definition) is 2. The maximum Gasteiger partial charge on any atom is 0.291 e. The highest BCUT2D eigenvalue weighted by Crippen LogP contribution is 2.18. The fourth-order valence-corrected chi connectivity index (χ4v) is 3.01. The molecule has 2 amide bonds. The van der Waals surface area contributed by atoms with Gasteiger partial charge in [0.1, 0.15) is 0 Å². The van der Waals surface area contributed by atoms with Crippen LogP contribution < -0.4 is 11.1 Å². The van der Waals surface area contributed by atoms with Gasteiger partial charge in [0.2, 0.25) is 0 Å². The smallest absolute Gasteiger partial charge is 0.291 e. The van der Waals surface area contributed by atoms with Crippen molar-refractivity contribution in [3.05, 3.63) is 52.4 Å². The highest BCUT2D eigenvalue weighted by molar-refractivity contribution is 9.10. The van der Waals surface area contributed by atoms with E-state index < -0.39 is 0 Å². The second-order valence-electron chi connectivity index (χ2n) is 5.79. The predicted octanol–water partition coefficient (Wildman–Crippen LogP) is 2.86. The van der Waals surface area contributed by atoms with E-state index in [1.807, 2.05) is 0 Å². The number of rotatable bonds is 3. The summed E-state index contributed by atoms with van der Waals surface area (Å²) in [4.78, 5) is 26.3. The summed E-state index contributed by atoms with van der Waals surface area (Å²) < 4.78 is 5.69. The Kier molecular flexibility index (Phi) is 5.01. The van der Waals surface area contributed by atoms with Gasteiger partial charge in [-0.25, -0.2) is 0 Å². The van der Waals surface area contributed by atoms with E-state index in [1.54, 1.807) is 41.3 Å². The number of carbonyl (C=O) groups excluding carboxylic acids is 2. The molecule has 1 aromatic carbocycles. The molecule has 0 saturated carbocycles. The highest BCUT2D eigenvalue weighted by atomic mass is 79.9. The zero-order valence-corrected chi connectivity index (χ0v) is 14.6. The van der Waals surface area contributed by atoms with Crippen molar-refractivity contribution in [3.63, 3.8) is 0 Å². The molecule has 0 spiro atoms. The van der Waals surface area contributed by atoms with Crippen LogP contribution in [0.5, 0.6) is 0 Å². The fourth-order valence-electron chi connectivity index (χ4n) is 2.70. The Bertz CT molecular complexity index is 742. The summed E-state index contributed by atoms with van der Waals surface area (Å²) in [5.74, 6) is -0.163. The highest BCUT2D eigenvalue weighted by Gasteiger charge is 2.22. The van der Waals surface area contributed by atoms with Crippen LogP contribution in [-0.4, -0.2) is 35.8 Å². The number of furan rings is 1. The van der Waals surface area contributed by atoms with E-state index >= 15 is 0 Å². The molecule has 1 aromatic heterocycles. The molecule has 1 atom stereocenters. The minimum Gasteiger partial charge on any atom is -0.444 e. The number of amides is 2. The molecule has 0 aliphatic carbocycles. The quantitative estimate of drug-likeness (QED) is 0.841. The molecule has 1 saturated heterocycles. The van der Waals surface area contributed by atoms with Crippen LogP contribution in [0.2, 0.25) is 0 Å². The molecule has 0 bridgehead atoms. The van der Waals surface area contributed by atoms with Gasteiger partial charge in [0, 0.05) is 30.4 Å². The van der Waals surface area contributed by atoms with E-state index in [-0.39, 0.29) is 23.6 Å². The lowest BCUT2D eigenvalue weighted by molar-refractivity contribution is 0.0708. The van der Waals surface area contributed by atoms with Crippen LogP contribution in [0.25, 0.3) is 0 Å². The molecule has 2 heterocycles. The lowest BCUT2D eigenvalue weighted by Gasteiger charge is -2.30. The molecule has 7 heteroatoms. The topological polar surface area (TPSA) is 88.6 Å². The van der Waals surface area contributed by atoms with Crippen molar-refractivity contribution >= 4 is 33.4 Å².